The topological polar surface area (TPSA) is 67.6 Å². The lowest BCUT2D eigenvalue weighted by atomic mass is 10.2. The van der Waals surface area contributed by atoms with Crippen LogP contribution in [0.1, 0.15) is 6.92 Å². The van der Waals surface area contributed by atoms with Gasteiger partial charge in [0.15, 0.2) is 0 Å². The first-order valence-corrected chi connectivity index (χ1v) is 4.98. The Morgan fingerprint density at radius 2 is 2.00 bits per heavy atom. The summed E-state index contributed by atoms with van der Waals surface area (Å²) < 4.78 is 0. The zero-order valence-corrected chi connectivity index (χ0v) is 9.73. The van der Waals surface area contributed by atoms with Gasteiger partial charge in [0.25, 0.3) is 0 Å². The predicted octanol–water partition coefficient (Wildman–Crippen LogP) is 1.09. The van der Waals surface area contributed by atoms with E-state index in [2.05, 4.69) is 5.32 Å². The van der Waals surface area contributed by atoms with Gasteiger partial charge >= 0.3 is 0 Å². The smallest absolute Gasteiger partial charge is 0.243 e. The number of hydrogen-bond donors (Lipinski definition) is 2. The summed E-state index contributed by atoms with van der Waals surface area (Å²) in [5.41, 5.74) is 6.93. The van der Waals surface area contributed by atoms with Crippen LogP contribution in [0.25, 0.3) is 0 Å². The van der Waals surface area contributed by atoms with Crippen LogP contribution in [0.5, 0.6) is 0 Å². The van der Waals surface area contributed by atoms with Gasteiger partial charge in [-0.25, -0.2) is 0 Å². The van der Waals surface area contributed by atoms with Gasteiger partial charge in [0.1, 0.15) is 6.04 Å². The Kier molecular flexibility index (Phi) is 4.28. The Bertz CT molecular complexity index is 351. The maximum atomic E-state index is 11.7. The second-order valence-corrected chi connectivity index (χ2v) is 3.52. The molecule has 0 aliphatic heterocycles. The molecule has 1 unspecified atom stereocenters. The van der Waals surface area contributed by atoms with Crippen molar-refractivity contribution in [1.29, 1.82) is 0 Å². The number of nitrogens with one attached hydrogen (secondary N) is 1. The molecule has 1 amide bonds. The average Bonchev–Trinajstić information content (AvgIpc) is 2.30. The van der Waals surface area contributed by atoms with Crippen molar-refractivity contribution in [3.05, 3.63) is 24.3 Å². The fraction of sp³-hybridized carbons (Fsp3) is 0.364. The summed E-state index contributed by atoms with van der Waals surface area (Å²) in [6.45, 7) is 1.76. The lowest BCUT2D eigenvalue weighted by molar-refractivity contribution is -0.154. The van der Waals surface area contributed by atoms with Crippen LogP contribution in [-0.4, -0.2) is 31.2 Å². The molecule has 0 bridgehead atoms. The number of nitrogen functional groups attached to an aromatic ring is 1. The third-order valence-electron chi connectivity index (χ3n) is 2.39. The highest BCUT2D eigenvalue weighted by Crippen LogP contribution is 2.11. The third kappa shape index (κ3) is 3.22. The molecule has 0 fully saturated rings. The van der Waals surface area contributed by atoms with Crippen molar-refractivity contribution in [2.24, 2.45) is 0 Å². The number of hydrogen-bond acceptors (Lipinski definition) is 4. The van der Waals surface area contributed by atoms with E-state index in [1.165, 1.54) is 12.2 Å². The number of carbonyl (C=O) groups excluding carboxylic acids is 1. The largest absolute Gasteiger partial charge is 0.399 e. The van der Waals surface area contributed by atoms with Gasteiger partial charge < -0.3 is 15.9 Å². The van der Waals surface area contributed by atoms with Crippen LogP contribution in [0.2, 0.25) is 0 Å². The Morgan fingerprint density at radius 1 is 1.44 bits per heavy atom. The van der Waals surface area contributed by atoms with Gasteiger partial charge in [0, 0.05) is 18.4 Å². The molecule has 0 aliphatic carbocycles. The number of nitrogens with two attached hydrogens (primary N) is 1. The monoisotopic (exact) mass is 223 g/mol. The Labute approximate surface area is 95.1 Å². The number of anilines is 2. The molecule has 1 aromatic carbocycles. The first kappa shape index (κ1) is 12.5. The van der Waals surface area contributed by atoms with E-state index < -0.39 is 0 Å². The maximum Gasteiger partial charge on any atom is 0.243 e. The summed E-state index contributed by atoms with van der Waals surface area (Å²) in [5.74, 6) is -0.130. The minimum atomic E-state index is -0.359. The van der Waals surface area contributed by atoms with E-state index in [1.807, 2.05) is 0 Å². The van der Waals surface area contributed by atoms with Gasteiger partial charge in [-0.2, -0.15) is 5.06 Å². The van der Waals surface area contributed by atoms with Crippen LogP contribution in [0.15, 0.2) is 24.3 Å². The maximum absolute atomic E-state index is 11.7. The molecule has 0 saturated carbocycles. The van der Waals surface area contributed by atoms with E-state index >= 15 is 0 Å². The Morgan fingerprint density at radius 3 is 2.50 bits per heavy atom. The molecule has 1 atom stereocenters. The summed E-state index contributed by atoms with van der Waals surface area (Å²) >= 11 is 0. The molecule has 0 radical (unpaired) electrons. The molecule has 5 heteroatoms. The molecular formula is C11H17N3O2. The van der Waals surface area contributed by atoms with Crippen LogP contribution >= 0.6 is 0 Å². The van der Waals surface area contributed by atoms with Crippen molar-refractivity contribution >= 4 is 17.3 Å². The lowest BCUT2D eigenvalue weighted by Crippen LogP contribution is -2.38. The van der Waals surface area contributed by atoms with E-state index in [1.54, 1.807) is 38.2 Å². The molecule has 5 nitrogen and oxygen atoms in total. The van der Waals surface area contributed by atoms with Gasteiger partial charge in [-0.15, -0.1) is 0 Å². The molecule has 1 aromatic rings. The zero-order valence-electron chi connectivity index (χ0n) is 9.73. The molecule has 88 valence electrons. The third-order valence-corrected chi connectivity index (χ3v) is 2.39. The number of nitrogens with zero attached hydrogens (tertiary/aromatic N) is 1. The van der Waals surface area contributed by atoms with Crippen molar-refractivity contribution in [3.8, 4) is 0 Å². The quantitative estimate of drug-likeness (QED) is 0.592. The van der Waals surface area contributed by atoms with Crippen molar-refractivity contribution in [2.45, 2.75) is 13.0 Å². The zero-order chi connectivity index (χ0) is 12.1. The highest BCUT2D eigenvalue weighted by molar-refractivity contribution is 5.94. The number of rotatable bonds is 4. The summed E-state index contributed by atoms with van der Waals surface area (Å²) in [5, 5.41) is 4.25. The standard InChI is InChI=1S/C11H17N3O2/c1-8(14(2)16-3)11(15)13-10-6-4-9(12)5-7-10/h4-8H,12H2,1-3H3,(H,13,15). The fourth-order valence-electron chi connectivity index (χ4n) is 1.14. The SMILES string of the molecule is CON(C)C(C)C(=O)Nc1ccc(N)cc1. The van der Waals surface area contributed by atoms with E-state index in [9.17, 15) is 4.79 Å². The van der Waals surface area contributed by atoms with Gasteiger partial charge in [0.2, 0.25) is 5.91 Å². The van der Waals surface area contributed by atoms with Crippen molar-refractivity contribution in [2.75, 3.05) is 25.2 Å². The van der Waals surface area contributed by atoms with Crippen molar-refractivity contribution in [3.63, 3.8) is 0 Å². The molecule has 3 N–H and O–H groups in total. The van der Waals surface area contributed by atoms with E-state index in [4.69, 9.17) is 10.6 Å². The van der Waals surface area contributed by atoms with Crippen LogP contribution in [-0.2, 0) is 9.63 Å². The number of benzene rings is 1. The van der Waals surface area contributed by atoms with E-state index in [-0.39, 0.29) is 11.9 Å². The van der Waals surface area contributed by atoms with Crippen LogP contribution < -0.4 is 11.1 Å². The number of hydroxylamine groups is 2. The number of likely N-dealkylation sites (N-methyl/N-ethyl adjacent to an activating group) is 1. The average molecular weight is 223 g/mol. The van der Waals surface area contributed by atoms with Crippen molar-refractivity contribution in [1.82, 2.24) is 5.06 Å². The van der Waals surface area contributed by atoms with Gasteiger partial charge in [-0.1, -0.05) is 0 Å². The molecule has 0 aliphatic rings. The molecule has 0 spiro atoms. The first-order valence-electron chi connectivity index (χ1n) is 4.98. The summed E-state index contributed by atoms with van der Waals surface area (Å²) in [7, 11) is 3.22. The second-order valence-electron chi connectivity index (χ2n) is 3.52. The van der Waals surface area contributed by atoms with Gasteiger partial charge in [-0.3, -0.25) is 4.79 Å². The highest BCUT2D eigenvalue weighted by atomic mass is 16.7. The minimum Gasteiger partial charge on any atom is -0.399 e. The van der Waals surface area contributed by atoms with Gasteiger partial charge in [0.05, 0.1) is 7.11 Å². The van der Waals surface area contributed by atoms with Crippen LogP contribution in [0.4, 0.5) is 11.4 Å². The van der Waals surface area contributed by atoms with E-state index in [0.717, 1.165) is 5.69 Å². The van der Waals surface area contributed by atoms with E-state index in [0.29, 0.717) is 5.69 Å². The molecule has 0 aromatic heterocycles. The molecular weight excluding hydrogens is 206 g/mol. The van der Waals surface area contributed by atoms with Crippen LogP contribution in [0, 0.1) is 0 Å². The fourth-order valence-corrected chi connectivity index (χ4v) is 1.14. The number of carbonyl (C=O) groups is 1. The summed E-state index contributed by atoms with van der Waals surface area (Å²) in [6, 6.07) is 6.63. The molecule has 0 saturated heterocycles. The Balaban J connectivity index is 2.60. The van der Waals surface area contributed by atoms with Crippen LogP contribution in [0.3, 0.4) is 0 Å². The summed E-state index contributed by atoms with van der Waals surface area (Å²) in [4.78, 5) is 16.7. The molecule has 1 rings (SSSR count). The van der Waals surface area contributed by atoms with Crippen molar-refractivity contribution < 1.29 is 9.63 Å². The normalized spacial score (nSPS) is 12.5. The lowest BCUT2D eigenvalue weighted by Gasteiger charge is -2.21. The minimum absolute atomic E-state index is 0.130. The summed E-state index contributed by atoms with van der Waals surface area (Å²) in [6.07, 6.45) is 0. The molecule has 0 heterocycles. The van der Waals surface area contributed by atoms with Gasteiger partial charge in [-0.05, 0) is 31.2 Å². The number of amides is 1. The predicted molar refractivity (Wildman–Crippen MR) is 63.7 cm³/mol. The second kappa shape index (κ2) is 5.48. The Hall–Kier alpha value is -1.59. The molecule has 16 heavy (non-hydrogen) atoms. The first-order chi connectivity index (χ1) is 7.54. The highest BCUT2D eigenvalue weighted by Gasteiger charge is 2.17.